The third-order valence-electron chi connectivity index (χ3n) is 8.99. The van der Waals surface area contributed by atoms with Gasteiger partial charge in [0.15, 0.2) is 6.04 Å². The molecule has 1 saturated heterocycles. The van der Waals surface area contributed by atoms with E-state index in [1.165, 1.54) is 4.90 Å². The topological polar surface area (TPSA) is 128 Å². The van der Waals surface area contributed by atoms with Gasteiger partial charge >= 0.3 is 19.9 Å². The van der Waals surface area contributed by atoms with Crippen molar-refractivity contribution >= 4 is 19.9 Å². The summed E-state index contributed by atoms with van der Waals surface area (Å²) in [5, 5.41) is 0. The number of ether oxygens (including phenoxy) is 5. The predicted octanol–water partition coefficient (Wildman–Crippen LogP) is 8.54. The SMILES string of the molecule is COc1ccc(OC[C@H](COP(=O)(OCc2ccccc2)O[C@@H]2CCN(C(=O)OCc3ccccc3)[C@H]2C(=O)OCc2ccccc2)OCc2ccccc2)cc1. The molecular weight excluding hydrogens is 749 g/mol. The van der Waals surface area contributed by atoms with Crippen LogP contribution in [0.1, 0.15) is 28.7 Å². The number of hydrogen-bond acceptors (Lipinski definition) is 11. The fourth-order valence-corrected chi connectivity index (χ4v) is 7.34. The van der Waals surface area contributed by atoms with Crippen molar-refractivity contribution in [2.75, 3.05) is 26.9 Å². The molecule has 1 amide bonds. The molecule has 1 aliphatic heterocycles. The van der Waals surface area contributed by atoms with Gasteiger partial charge in [0.2, 0.25) is 0 Å². The smallest absolute Gasteiger partial charge is 0.475 e. The molecule has 0 bridgehead atoms. The number of amides is 1. The van der Waals surface area contributed by atoms with Gasteiger partial charge in [0, 0.05) is 6.54 Å². The van der Waals surface area contributed by atoms with Crippen molar-refractivity contribution in [1.29, 1.82) is 0 Å². The fourth-order valence-electron chi connectivity index (χ4n) is 5.93. The minimum atomic E-state index is -4.50. The molecule has 1 aliphatic rings. The summed E-state index contributed by atoms with van der Waals surface area (Å²) in [5.74, 6) is 0.476. The quantitative estimate of drug-likeness (QED) is 0.0555. The van der Waals surface area contributed by atoms with Crippen molar-refractivity contribution < 1.29 is 51.4 Å². The second kappa shape index (κ2) is 21.2. The number of carbonyl (C=O) groups excluding carboxylic acids is 2. The van der Waals surface area contributed by atoms with Crippen LogP contribution in [0.25, 0.3) is 0 Å². The highest BCUT2D eigenvalue weighted by atomic mass is 31.2. The molecule has 6 rings (SSSR count). The van der Waals surface area contributed by atoms with Gasteiger partial charge < -0.3 is 23.7 Å². The zero-order chi connectivity index (χ0) is 39.7. The maximum atomic E-state index is 14.7. The monoisotopic (exact) mass is 795 g/mol. The molecule has 0 spiro atoms. The molecule has 12 nitrogen and oxygen atoms in total. The standard InChI is InChI=1S/C44H46NO11P/c1-49-38-22-24-39(25-23-38)51-32-40(50-28-34-14-6-2-7-15-34)33-55-57(48,54-31-37-20-12-5-13-21-37)56-41-26-27-45(44(47)53-30-36-18-10-4-11-19-36)42(41)43(46)52-29-35-16-8-3-9-17-35/h2-25,40-42H,26-33H2,1H3/t40-,41-,42-,57?/m1/s1. The lowest BCUT2D eigenvalue weighted by Gasteiger charge is -2.28. The molecule has 0 radical (unpaired) electrons. The van der Waals surface area contributed by atoms with Crippen LogP contribution >= 0.6 is 7.82 Å². The zero-order valence-electron chi connectivity index (χ0n) is 31.6. The predicted molar refractivity (Wildman–Crippen MR) is 211 cm³/mol. The molecule has 0 saturated carbocycles. The van der Waals surface area contributed by atoms with Crippen molar-refractivity contribution in [3.63, 3.8) is 0 Å². The number of carbonyl (C=O) groups is 2. The van der Waals surface area contributed by atoms with Gasteiger partial charge in [-0.3, -0.25) is 18.5 Å². The van der Waals surface area contributed by atoms with Gasteiger partial charge in [-0.05, 0) is 52.9 Å². The first-order valence-electron chi connectivity index (χ1n) is 18.6. The maximum absolute atomic E-state index is 14.7. The number of likely N-dealkylation sites (tertiary alicyclic amines) is 1. The van der Waals surface area contributed by atoms with Crippen LogP contribution in [0.3, 0.4) is 0 Å². The second-order valence-corrected chi connectivity index (χ2v) is 14.7. The van der Waals surface area contributed by atoms with Crippen LogP contribution in [0, 0.1) is 0 Å². The number of rotatable bonds is 20. The molecular formula is C44H46NO11P. The third kappa shape index (κ3) is 12.8. The summed E-state index contributed by atoms with van der Waals surface area (Å²) in [7, 11) is -2.92. The lowest BCUT2D eigenvalue weighted by Crippen LogP contribution is -2.46. The summed E-state index contributed by atoms with van der Waals surface area (Å²) in [6.45, 7) is -0.171. The Morgan fingerprint density at radius 1 is 0.632 bits per heavy atom. The summed E-state index contributed by atoms with van der Waals surface area (Å²) in [4.78, 5) is 28.6. The Morgan fingerprint density at radius 2 is 1.14 bits per heavy atom. The van der Waals surface area contributed by atoms with Crippen molar-refractivity contribution in [3.8, 4) is 11.5 Å². The lowest BCUT2D eigenvalue weighted by molar-refractivity contribution is -0.152. The van der Waals surface area contributed by atoms with E-state index in [1.807, 2.05) is 121 Å². The Morgan fingerprint density at radius 3 is 1.70 bits per heavy atom. The molecule has 298 valence electrons. The molecule has 0 aliphatic carbocycles. The largest absolute Gasteiger partial charge is 0.497 e. The third-order valence-corrected chi connectivity index (χ3v) is 10.4. The Bertz CT molecular complexity index is 2000. The first-order valence-corrected chi connectivity index (χ1v) is 20.1. The van der Waals surface area contributed by atoms with Gasteiger partial charge in [-0.1, -0.05) is 121 Å². The number of hydrogen-bond donors (Lipinski definition) is 0. The van der Waals surface area contributed by atoms with Crippen LogP contribution in [0.4, 0.5) is 4.79 Å². The molecule has 1 heterocycles. The normalized spacial score (nSPS) is 16.6. The van der Waals surface area contributed by atoms with Crippen LogP contribution in [0.5, 0.6) is 11.5 Å². The van der Waals surface area contributed by atoms with E-state index in [4.69, 9.17) is 37.3 Å². The number of methoxy groups -OCH3 is 1. The minimum Gasteiger partial charge on any atom is -0.497 e. The highest BCUT2D eigenvalue weighted by Gasteiger charge is 2.48. The molecule has 1 unspecified atom stereocenters. The average molecular weight is 796 g/mol. The minimum absolute atomic E-state index is 0.0156. The summed E-state index contributed by atoms with van der Waals surface area (Å²) < 4.78 is 61.8. The van der Waals surface area contributed by atoms with E-state index >= 15 is 0 Å². The Kier molecular flexibility index (Phi) is 15.3. The highest BCUT2D eigenvalue weighted by Crippen LogP contribution is 2.53. The summed E-state index contributed by atoms with van der Waals surface area (Å²) in [5.41, 5.74) is 3.14. The van der Waals surface area contributed by atoms with Gasteiger partial charge in [-0.15, -0.1) is 0 Å². The van der Waals surface area contributed by atoms with E-state index in [0.29, 0.717) is 17.1 Å². The molecule has 57 heavy (non-hydrogen) atoms. The van der Waals surface area contributed by atoms with Crippen LogP contribution < -0.4 is 9.47 Å². The fraction of sp³-hybridized carbons (Fsp3) is 0.273. The highest BCUT2D eigenvalue weighted by molar-refractivity contribution is 7.48. The Balaban J connectivity index is 1.21. The van der Waals surface area contributed by atoms with E-state index in [9.17, 15) is 14.2 Å². The molecule has 1 fully saturated rings. The Labute approximate surface area is 332 Å². The molecule has 5 aromatic carbocycles. The van der Waals surface area contributed by atoms with E-state index in [0.717, 1.165) is 16.7 Å². The van der Waals surface area contributed by atoms with Gasteiger partial charge in [0.25, 0.3) is 0 Å². The number of benzene rings is 5. The average Bonchev–Trinajstić information content (AvgIpc) is 3.68. The molecule has 5 aromatic rings. The van der Waals surface area contributed by atoms with Crippen molar-refractivity contribution in [3.05, 3.63) is 168 Å². The number of phosphoric acid groups is 1. The van der Waals surface area contributed by atoms with Crippen molar-refractivity contribution in [1.82, 2.24) is 4.90 Å². The van der Waals surface area contributed by atoms with E-state index in [1.54, 1.807) is 31.4 Å². The van der Waals surface area contributed by atoms with Gasteiger partial charge in [0.1, 0.15) is 43.5 Å². The molecule has 4 atom stereocenters. The van der Waals surface area contributed by atoms with E-state index in [-0.39, 0.29) is 52.6 Å². The van der Waals surface area contributed by atoms with Gasteiger partial charge in [-0.2, -0.15) is 0 Å². The first kappa shape index (κ1) is 41.2. The number of phosphoric ester groups is 1. The summed E-state index contributed by atoms with van der Waals surface area (Å²) in [6, 6.07) is 42.7. The van der Waals surface area contributed by atoms with Crippen LogP contribution in [0.2, 0.25) is 0 Å². The zero-order valence-corrected chi connectivity index (χ0v) is 32.5. The second-order valence-electron chi connectivity index (χ2n) is 13.1. The molecule has 0 aromatic heterocycles. The maximum Gasteiger partial charge on any atom is 0.475 e. The van der Waals surface area contributed by atoms with Crippen LogP contribution in [-0.4, -0.2) is 62.1 Å². The molecule has 13 heteroatoms. The van der Waals surface area contributed by atoms with Crippen LogP contribution in [-0.2, 0) is 63.6 Å². The van der Waals surface area contributed by atoms with E-state index in [2.05, 4.69) is 0 Å². The van der Waals surface area contributed by atoms with Crippen LogP contribution in [0.15, 0.2) is 146 Å². The molecule has 0 N–H and O–H groups in total. The number of nitrogens with zero attached hydrogens (tertiary/aromatic N) is 1. The summed E-state index contributed by atoms with van der Waals surface area (Å²) in [6.07, 6.45) is -2.53. The lowest BCUT2D eigenvalue weighted by atomic mass is 10.2. The van der Waals surface area contributed by atoms with Crippen molar-refractivity contribution in [2.45, 2.75) is 51.1 Å². The number of esters is 1. The Hall–Kier alpha value is -5.49. The van der Waals surface area contributed by atoms with E-state index < -0.39 is 38.1 Å². The van der Waals surface area contributed by atoms with Gasteiger partial charge in [-0.25, -0.2) is 14.2 Å². The first-order chi connectivity index (χ1) is 27.9. The van der Waals surface area contributed by atoms with Crippen molar-refractivity contribution in [2.24, 2.45) is 0 Å². The summed E-state index contributed by atoms with van der Waals surface area (Å²) >= 11 is 0. The van der Waals surface area contributed by atoms with Gasteiger partial charge in [0.05, 0.1) is 26.9 Å².